The molecule has 1 rings (SSSR count). The molecule has 0 spiro atoms. The molecule has 1 atom stereocenters. The fraction of sp³-hybridized carbons (Fsp3) is 1.00. The Bertz CT molecular complexity index is 228. The molecule has 20 heavy (non-hydrogen) atoms. The van der Waals surface area contributed by atoms with E-state index in [0.29, 0.717) is 11.7 Å². The first kappa shape index (κ1) is 18.0. The monoisotopic (exact) mass is 282 g/mol. The Balaban J connectivity index is 2.47. The van der Waals surface area contributed by atoms with Crippen molar-refractivity contribution >= 4 is 0 Å². The zero-order chi connectivity index (χ0) is 14.8. The van der Waals surface area contributed by atoms with Gasteiger partial charge < -0.3 is 5.73 Å². The van der Waals surface area contributed by atoms with Gasteiger partial charge in [-0.2, -0.15) is 0 Å². The van der Waals surface area contributed by atoms with Crippen LogP contribution in [0.2, 0.25) is 0 Å². The predicted molar refractivity (Wildman–Crippen MR) is 89.8 cm³/mol. The highest BCUT2D eigenvalue weighted by molar-refractivity contribution is 4.91. The Kier molecular flexibility index (Phi) is 8.79. The molecule has 2 nitrogen and oxygen atoms in total. The lowest BCUT2D eigenvalue weighted by molar-refractivity contribution is 0.0694. The number of rotatable bonds is 11. The largest absolute Gasteiger partial charge is 0.316 e. The smallest absolute Gasteiger partial charge is 0.0577 e. The minimum absolute atomic E-state index is 0.317. The van der Waals surface area contributed by atoms with Crippen LogP contribution in [0.25, 0.3) is 0 Å². The van der Waals surface area contributed by atoms with E-state index in [1.165, 1.54) is 83.6 Å². The van der Waals surface area contributed by atoms with Crippen molar-refractivity contribution in [1.29, 1.82) is 0 Å². The van der Waals surface area contributed by atoms with Gasteiger partial charge in [-0.15, -0.1) is 0 Å². The van der Waals surface area contributed by atoms with Crippen molar-refractivity contribution in [2.75, 3.05) is 6.54 Å². The fourth-order valence-corrected chi connectivity index (χ4v) is 3.74. The third-order valence-electron chi connectivity index (χ3n) is 5.13. The van der Waals surface area contributed by atoms with Crippen LogP contribution in [0.3, 0.4) is 0 Å². The molecule has 1 aliphatic heterocycles. The van der Waals surface area contributed by atoms with Crippen molar-refractivity contribution in [2.45, 2.75) is 110 Å². The number of likely N-dealkylation sites (tertiary alicyclic amines) is 1. The number of unbranched alkanes of at least 4 members (excludes halogenated alkanes) is 6. The highest BCUT2D eigenvalue weighted by atomic mass is 15.3. The SMILES string of the molecule is CCCCCCC(C)(CCCCCC)N1CCCC1N. The molecule has 0 saturated carbocycles. The molecule has 0 aromatic heterocycles. The van der Waals surface area contributed by atoms with Gasteiger partial charge in [-0.05, 0) is 32.6 Å². The second-order valence-corrected chi connectivity index (χ2v) is 7.02. The summed E-state index contributed by atoms with van der Waals surface area (Å²) in [7, 11) is 0. The van der Waals surface area contributed by atoms with Crippen molar-refractivity contribution in [3.63, 3.8) is 0 Å². The zero-order valence-corrected chi connectivity index (χ0v) is 14.3. The molecule has 0 aromatic carbocycles. The lowest BCUT2D eigenvalue weighted by Crippen LogP contribution is -2.52. The standard InChI is InChI=1S/C18H38N2/c1-4-6-8-10-14-18(3,15-11-9-7-5-2)20-16-12-13-17(20)19/h17H,4-16,19H2,1-3H3. The van der Waals surface area contributed by atoms with Gasteiger partial charge in [0, 0.05) is 12.1 Å². The van der Waals surface area contributed by atoms with Crippen LogP contribution in [-0.4, -0.2) is 23.1 Å². The summed E-state index contributed by atoms with van der Waals surface area (Å²) in [5.74, 6) is 0. The van der Waals surface area contributed by atoms with Gasteiger partial charge in [0.1, 0.15) is 0 Å². The van der Waals surface area contributed by atoms with Gasteiger partial charge in [0.15, 0.2) is 0 Å². The van der Waals surface area contributed by atoms with Crippen molar-refractivity contribution in [3.8, 4) is 0 Å². The van der Waals surface area contributed by atoms with E-state index >= 15 is 0 Å². The Morgan fingerprint density at radius 3 is 1.90 bits per heavy atom. The third-order valence-corrected chi connectivity index (χ3v) is 5.13. The van der Waals surface area contributed by atoms with Crippen molar-refractivity contribution < 1.29 is 0 Å². The van der Waals surface area contributed by atoms with E-state index < -0.39 is 0 Å². The topological polar surface area (TPSA) is 29.3 Å². The molecular formula is C18H38N2. The Morgan fingerprint density at radius 1 is 0.950 bits per heavy atom. The Labute approximate surface area is 127 Å². The van der Waals surface area contributed by atoms with E-state index in [-0.39, 0.29) is 0 Å². The van der Waals surface area contributed by atoms with Gasteiger partial charge in [-0.3, -0.25) is 4.90 Å². The van der Waals surface area contributed by atoms with Crippen molar-refractivity contribution in [3.05, 3.63) is 0 Å². The summed E-state index contributed by atoms with van der Waals surface area (Å²) >= 11 is 0. The summed E-state index contributed by atoms with van der Waals surface area (Å²) < 4.78 is 0. The number of hydrogen-bond donors (Lipinski definition) is 1. The number of nitrogens with zero attached hydrogens (tertiary/aromatic N) is 1. The molecule has 1 fully saturated rings. The van der Waals surface area contributed by atoms with E-state index in [4.69, 9.17) is 5.73 Å². The minimum atomic E-state index is 0.317. The first-order valence-corrected chi connectivity index (χ1v) is 9.16. The Morgan fingerprint density at radius 2 is 1.50 bits per heavy atom. The van der Waals surface area contributed by atoms with Gasteiger partial charge in [-0.25, -0.2) is 0 Å². The molecule has 0 aromatic rings. The van der Waals surface area contributed by atoms with Crippen LogP contribution in [0.4, 0.5) is 0 Å². The van der Waals surface area contributed by atoms with Crippen LogP contribution in [0.1, 0.15) is 97.8 Å². The van der Waals surface area contributed by atoms with Crippen LogP contribution >= 0.6 is 0 Å². The fourth-order valence-electron chi connectivity index (χ4n) is 3.74. The third kappa shape index (κ3) is 5.73. The van der Waals surface area contributed by atoms with Crippen LogP contribution in [0.15, 0.2) is 0 Å². The predicted octanol–water partition coefficient (Wildman–Crippen LogP) is 5.07. The van der Waals surface area contributed by atoms with Crippen LogP contribution < -0.4 is 5.73 Å². The highest BCUT2D eigenvalue weighted by Crippen LogP contribution is 2.33. The molecule has 1 unspecified atom stereocenters. The molecular weight excluding hydrogens is 244 g/mol. The average molecular weight is 283 g/mol. The van der Waals surface area contributed by atoms with Gasteiger partial charge in [0.2, 0.25) is 0 Å². The molecule has 2 heteroatoms. The first-order chi connectivity index (χ1) is 9.64. The maximum Gasteiger partial charge on any atom is 0.0577 e. The summed E-state index contributed by atoms with van der Waals surface area (Å²) in [6.07, 6.45) is 16.5. The van der Waals surface area contributed by atoms with Gasteiger partial charge in [0.25, 0.3) is 0 Å². The van der Waals surface area contributed by atoms with Crippen LogP contribution in [0.5, 0.6) is 0 Å². The van der Waals surface area contributed by atoms with E-state index in [0.717, 1.165) is 0 Å². The summed E-state index contributed by atoms with van der Waals surface area (Å²) in [6.45, 7) is 8.29. The molecule has 0 aliphatic carbocycles. The first-order valence-electron chi connectivity index (χ1n) is 9.16. The average Bonchev–Trinajstić information content (AvgIpc) is 2.87. The van der Waals surface area contributed by atoms with Crippen molar-refractivity contribution in [2.24, 2.45) is 5.73 Å². The number of nitrogens with two attached hydrogens (primary N) is 1. The molecule has 0 bridgehead atoms. The summed E-state index contributed by atoms with van der Waals surface area (Å²) in [4.78, 5) is 2.63. The van der Waals surface area contributed by atoms with Crippen LogP contribution in [-0.2, 0) is 0 Å². The molecule has 1 aliphatic rings. The lowest BCUT2D eigenvalue weighted by Gasteiger charge is -2.42. The summed E-state index contributed by atoms with van der Waals surface area (Å²) in [5.41, 5.74) is 6.71. The normalized spacial score (nSPS) is 20.7. The molecule has 2 N–H and O–H groups in total. The van der Waals surface area contributed by atoms with Crippen LogP contribution in [0, 0.1) is 0 Å². The van der Waals surface area contributed by atoms with E-state index in [2.05, 4.69) is 25.7 Å². The molecule has 1 saturated heterocycles. The Hall–Kier alpha value is -0.0800. The van der Waals surface area contributed by atoms with Crippen molar-refractivity contribution in [1.82, 2.24) is 4.90 Å². The molecule has 0 radical (unpaired) electrons. The quantitative estimate of drug-likeness (QED) is 0.536. The zero-order valence-electron chi connectivity index (χ0n) is 14.3. The maximum atomic E-state index is 6.35. The second kappa shape index (κ2) is 9.78. The second-order valence-electron chi connectivity index (χ2n) is 7.02. The summed E-state index contributed by atoms with van der Waals surface area (Å²) in [5, 5.41) is 0. The maximum absolute atomic E-state index is 6.35. The molecule has 0 amide bonds. The molecule has 120 valence electrons. The van der Waals surface area contributed by atoms with E-state index in [1.807, 2.05) is 0 Å². The molecule has 1 heterocycles. The lowest BCUT2D eigenvalue weighted by atomic mass is 9.86. The number of hydrogen-bond acceptors (Lipinski definition) is 2. The summed E-state index contributed by atoms with van der Waals surface area (Å²) in [6, 6.07) is 0. The van der Waals surface area contributed by atoms with Gasteiger partial charge >= 0.3 is 0 Å². The van der Waals surface area contributed by atoms with E-state index in [9.17, 15) is 0 Å². The highest BCUT2D eigenvalue weighted by Gasteiger charge is 2.36. The van der Waals surface area contributed by atoms with E-state index in [1.54, 1.807) is 0 Å². The minimum Gasteiger partial charge on any atom is -0.316 e. The van der Waals surface area contributed by atoms with Gasteiger partial charge in [-0.1, -0.05) is 65.2 Å². The van der Waals surface area contributed by atoms with Gasteiger partial charge in [0.05, 0.1) is 6.17 Å².